The molecular formula is C41H49Cl3N4O8S. The van der Waals surface area contributed by atoms with Gasteiger partial charge in [-0.1, -0.05) is 58.3 Å². The average Bonchev–Trinajstić information content (AvgIpc) is 3.84. The fourth-order valence-corrected chi connectivity index (χ4v) is 8.79. The summed E-state index contributed by atoms with van der Waals surface area (Å²) in [5.74, 6) is 0.604. The molecule has 3 aromatic rings. The van der Waals surface area contributed by atoms with Crippen molar-refractivity contribution in [2.24, 2.45) is 0 Å². The summed E-state index contributed by atoms with van der Waals surface area (Å²) in [6.45, 7) is 13.4. The lowest BCUT2D eigenvalue weighted by atomic mass is 9.83. The first-order valence-electron chi connectivity index (χ1n) is 18.9. The van der Waals surface area contributed by atoms with Crippen LogP contribution in [0, 0.1) is 6.92 Å². The minimum atomic E-state index is -0.867. The van der Waals surface area contributed by atoms with E-state index in [0.29, 0.717) is 42.2 Å². The number of methoxy groups -OCH3 is 1. The van der Waals surface area contributed by atoms with Crippen LogP contribution in [0.1, 0.15) is 76.8 Å². The summed E-state index contributed by atoms with van der Waals surface area (Å²) in [5.41, 5.74) is 1.17. The Morgan fingerprint density at radius 2 is 1.58 bits per heavy atom. The van der Waals surface area contributed by atoms with Crippen molar-refractivity contribution < 1.29 is 38.1 Å². The van der Waals surface area contributed by atoms with Crippen LogP contribution in [-0.4, -0.2) is 101 Å². The van der Waals surface area contributed by atoms with E-state index in [2.05, 4.69) is 4.98 Å². The molecule has 308 valence electrons. The quantitative estimate of drug-likeness (QED) is 0.174. The monoisotopic (exact) mass is 862 g/mol. The van der Waals surface area contributed by atoms with Gasteiger partial charge in [-0.25, -0.2) is 14.6 Å². The number of carbonyl (C=O) groups excluding carboxylic acids is 3. The van der Waals surface area contributed by atoms with Gasteiger partial charge in [-0.2, -0.15) is 0 Å². The summed E-state index contributed by atoms with van der Waals surface area (Å²) in [7, 11) is 1.55. The Morgan fingerprint density at radius 3 is 2.21 bits per heavy atom. The molecule has 16 heteroatoms. The summed E-state index contributed by atoms with van der Waals surface area (Å²) in [6, 6.07) is 7.56. The Labute approximate surface area is 352 Å². The van der Waals surface area contributed by atoms with E-state index < -0.39 is 35.5 Å². The van der Waals surface area contributed by atoms with E-state index in [0.717, 1.165) is 29.5 Å². The Balaban J connectivity index is 1.37. The number of aromatic nitrogens is 1. The highest BCUT2D eigenvalue weighted by molar-refractivity contribution is 7.14. The van der Waals surface area contributed by atoms with E-state index in [1.807, 2.05) is 24.0 Å². The van der Waals surface area contributed by atoms with Crippen LogP contribution in [-0.2, 0) is 20.8 Å². The van der Waals surface area contributed by atoms with Gasteiger partial charge in [0.05, 0.1) is 39.1 Å². The van der Waals surface area contributed by atoms with Crippen LogP contribution in [0.4, 0.5) is 9.59 Å². The third-order valence-corrected chi connectivity index (χ3v) is 11.4. The molecule has 2 fully saturated rings. The number of benzene rings is 2. The van der Waals surface area contributed by atoms with Crippen molar-refractivity contribution in [1.29, 1.82) is 0 Å². The third-order valence-electron chi connectivity index (χ3n) is 9.47. The molecule has 2 aromatic carbocycles. The zero-order valence-electron chi connectivity index (χ0n) is 33.4. The smallest absolute Gasteiger partial charge is 0.411 e. The predicted molar refractivity (Wildman–Crippen MR) is 221 cm³/mol. The first-order chi connectivity index (χ1) is 26.8. The molecule has 2 atom stereocenters. The number of halogens is 3. The number of ether oxygens (including phenoxy) is 5. The molecule has 6 rings (SSSR count). The van der Waals surface area contributed by atoms with Gasteiger partial charge in [-0.3, -0.25) is 9.69 Å². The number of hydrogen-bond acceptors (Lipinski definition) is 10. The Bertz CT molecular complexity index is 2020. The molecule has 57 heavy (non-hydrogen) atoms. The van der Waals surface area contributed by atoms with Crippen molar-refractivity contribution in [2.75, 3.05) is 33.4 Å². The van der Waals surface area contributed by atoms with Gasteiger partial charge in [0.2, 0.25) is 0 Å². The molecule has 2 aliphatic heterocycles. The Kier molecular flexibility index (Phi) is 12.8. The van der Waals surface area contributed by atoms with Crippen molar-refractivity contribution in [3.8, 4) is 16.7 Å². The fraction of sp³-hybridized carbons (Fsp3) is 0.512. The Hall–Kier alpha value is -3.91. The molecule has 3 aliphatic rings. The molecule has 1 aliphatic carbocycles. The molecule has 0 radical (unpaired) electrons. The van der Waals surface area contributed by atoms with Gasteiger partial charge in [0.1, 0.15) is 30.2 Å². The minimum Gasteiger partial charge on any atom is -0.495 e. The van der Waals surface area contributed by atoms with Crippen LogP contribution < -0.4 is 14.2 Å². The van der Waals surface area contributed by atoms with Gasteiger partial charge in [0, 0.05) is 37.4 Å². The standard InChI is InChI=1S/C41H49Cl3N4O8S/c1-23-16-28(42)35(29(43)17-23)53-14-15-54-37-45-19-32(57-37)27-18-26-21-46(38(50)55-40(2,3)4)22-30(48(26)39(51)56-41(5,6)7)33(27)36(49)47(25-12-13-25)20-24-10-9-11-31(52-8)34(24)44/h9-11,16-17,19,25-26,30H,12-15,18,20-22H2,1-8H3/t26?,30-/m1/s1. The highest BCUT2D eigenvalue weighted by Gasteiger charge is 2.51. The van der Waals surface area contributed by atoms with Gasteiger partial charge in [0.25, 0.3) is 11.1 Å². The number of carbonyl (C=O) groups is 3. The molecule has 3 amide bonds. The van der Waals surface area contributed by atoms with Gasteiger partial charge in [-0.05, 0) is 103 Å². The molecule has 3 heterocycles. The van der Waals surface area contributed by atoms with Gasteiger partial charge in [-0.15, -0.1) is 0 Å². The third kappa shape index (κ3) is 10.2. The number of fused-ring (bicyclic) bond motifs is 2. The molecule has 12 nitrogen and oxygen atoms in total. The van der Waals surface area contributed by atoms with Crippen molar-refractivity contribution in [1.82, 2.24) is 19.7 Å². The fourth-order valence-electron chi connectivity index (χ4n) is 6.97. The van der Waals surface area contributed by atoms with Crippen LogP contribution in [0.2, 0.25) is 15.1 Å². The number of aryl methyl sites for hydroxylation is 1. The number of hydrogen-bond donors (Lipinski definition) is 0. The van der Waals surface area contributed by atoms with Crippen LogP contribution >= 0.6 is 46.1 Å². The second-order valence-corrected chi connectivity index (χ2v) is 18.6. The van der Waals surface area contributed by atoms with Crippen molar-refractivity contribution in [3.05, 3.63) is 73.2 Å². The minimum absolute atomic E-state index is 0.0112. The molecule has 2 bridgehead atoms. The summed E-state index contributed by atoms with van der Waals surface area (Å²) in [4.78, 5) is 53.3. The molecule has 0 N–H and O–H groups in total. The first-order valence-corrected chi connectivity index (χ1v) is 20.8. The number of thiazole rings is 1. The number of nitrogens with zero attached hydrogens (tertiary/aromatic N) is 4. The van der Waals surface area contributed by atoms with Crippen LogP contribution in [0.25, 0.3) is 5.57 Å². The summed E-state index contributed by atoms with van der Waals surface area (Å²) in [5, 5.41) is 1.60. The zero-order valence-corrected chi connectivity index (χ0v) is 36.5. The largest absolute Gasteiger partial charge is 0.495 e. The molecule has 1 unspecified atom stereocenters. The number of rotatable bonds is 11. The van der Waals surface area contributed by atoms with Crippen LogP contribution in [0.3, 0.4) is 0 Å². The normalized spacial score (nSPS) is 18.3. The van der Waals surface area contributed by atoms with Gasteiger partial charge >= 0.3 is 12.2 Å². The maximum absolute atomic E-state index is 15.3. The molecular weight excluding hydrogens is 815 g/mol. The SMILES string of the molecule is COc1cccc(CN(C(=O)C2=C(c3cnc(OCCOc4c(Cl)cc(C)cc4Cl)s3)CC3CN(C(=O)OC(C)(C)C)C[C@H]2N3C(=O)OC(C)(C)C)C2CC2)c1Cl. The summed E-state index contributed by atoms with van der Waals surface area (Å²) >= 11 is 20.8. The Morgan fingerprint density at radius 1 is 0.930 bits per heavy atom. The van der Waals surface area contributed by atoms with Crippen molar-refractivity contribution in [2.45, 2.75) is 104 Å². The van der Waals surface area contributed by atoms with E-state index >= 15 is 4.79 Å². The van der Waals surface area contributed by atoms with Crippen molar-refractivity contribution >= 4 is 69.8 Å². The summed E-state index contributed by atoms with van der Waals surface area (Å²) < 4.78 is 29.1. The topological polar surface area (TPSA) is 120 Å². The number of amides is 3. The second-order valence-electron chi connectivity index (χ2n) is 16.4. The maximum Gasteiger partial charge on any atom is 0.411 e. The lowest BCUT2D eigenvalue weighted by molar-refractivity contribution is -0.129. The zero-order chi connectivity index (χ0) is 41.4. The van der Waals surface area contributed by atoms with Crippen LogP contribution in [0.15, 0.2) is 42.1 Å². The van der Waals surface area contributed by atoms with Crippen LogP contribution in [0.5, 0.6) is 16.7 Å². The lowest BCUT2D eigenvalue weighted by Crippen LogP contribution is -2.66. The van der Waals surface area contributed by atoms with E-state index in [9.17, 15) is 9.59 Å². The van der Waals surface area contributed by atoms with Crippen molar-refractivity contribution in [3.63, 3.8) is 0 Å². The molecule has 0 spiro atoms. The second kappa shape index (κ2) is 17.1. The lowest BCUT2D eigenvalue weighted by Gasteiger charge is -2.51. The maximum atomic E-state index is 15.3. The number of piperazine rings is 1. The van der Waals surface area contributed by atoms with Gasteiger partial charge in [0.15, 0.2) is 5.75 Å². The van der Waals surface area contributed by atoms with E-state index in [-0.39, 0.29) is 51.2 Å². The molecule has 1 saturated carbocycles. The van der Waals surface area contributed by atoms with E-state index in [1.165, 1.54) is 11.3 Å². The molecule has 1 saturated heterocycles. The van der Waals surface area contributed by atoms with E-state index in [1.54, 1.807) is 82.8 Å². The van der Waals surface area contributed by atoms with Gasteiger partial charge < -0.3 is 33.5 Å². The summed E-state index contributed by atoms with van der Waals surface area (Å²) in [6.07, 6.45) is 2.45. The highest BCUT2D eigenvalue weighted by Crippen LogP contribution is 2.44. The average molecular weight is 864 g/mol. The predicted octanol–water partition coefficient (Wildman–Crippen LogP) is 9.45. The molecule has 1 aromatic heterocycles. The van der Waals surface area contributed by atoms with E-state index in [4.69, 9.17) is 58.5 Å². The first kappa shape index (κ1) is 42.7. The highest BCUT2D eigenvalue weighted by atomic mass is 35.5.